The van der Waals surface area contributed by atoms with Gasteiger partial charge in [-0.2, -0.15) is 0 Å². The molecule has 2 heterocycles. The number of aromatic nitrogens is 2. The van der Waals surface area contributed by atoms with Gasteiger partial charge in [-0.25, -0.2) is 14.4 Å². The standard InChI is InChI=1S/C13H13FN4/c14-11-8-16-13(17-9-11)18-6-5-15-7-10-3-1-2-4-12(10)18/h1-4,8-9,15H,5-7H2. The van der Waals surface area contributed by atoms with Crippen molar-refractivity contribution < 1.29 is 4.39 Å². The Labute approximate surface area is 104 Å². The Kier molecular flexibility index (Phi) is 2.90. The average molecular weight is 244 g/mol. The van der Waals surface area contributed by atoms with Gasteiger partial charge in [0.2, 0.25) is 5.95 Å². The van der Waals surface area contributed by atoms with Crippen LogP contribution in [0.2, 0.25) is 0 Å². The number of rotatable bonds is 1. The number of fused-ring (bicyclic) bond motifs is 1. The Bertz CT molecular complexity index is 541. The van der Waals surface area contributed by atoms with Crippen LogP contribution in [0.15, 0.2) is 36.7 Å². The Morgan fingerprint density at radius 2 is 1.94 bits per heavy atom. The van der Waals surface area contributed by atoms with Crippen LogP contribution < -0.4 is 10.2 Å². The van der Waals surface area contributed by atoms with Crippen LogP contribution >= 0.6 is 0 Å². The van der Waals surface area contributed by atoms with Crippen molar-refractivity contribution in [1.29, 1.82) is 0 Å². The molecule has 0 bridgehead atoms. The SMILES string of the molecule is Fc1cnc(N2CCNCc3ccccc32)nc1. The number of halogens is 1. The maximum Gasteiger partial charge on any atom is 0.230 e. The molecule has 1 aliphatic rings. The van der Waals surface area contributed by atoms with Crippen LogP contribution in [0.5, 0.6) is 0 Å². The Morgan fingerprint density at radius 3 is 2.78 bits per heavy atom. The first-order valence-corrected chi connectivity index (χ1v) is 5.88. The van der Waals surface area contributed by atoms with Crippen molar-refractivity contribution in [2.75, 3.05) is 18.0 Å². The van der Waals surface area contributed by atoms with Gasteiger partial charge < -0.3 is 10.2 Å². The van der Waals surface area contributed by atoms with E-state index in [1.807, 2.05) is 23.1 Å². The smallest absolute Gasteiger partial charge is 0.230 e. The molecule has 0 radical (unpaired) electrons. The topological polar surface area (TPSA) is 41.1 Å². The molecule has 4 nitrogen and oxygen atoms in total. The quantitative estimate of drug-likeness (QED) is 0.831. The Morgan fingerprint density at radius 1 is 1.17 bits per heavy atom. The van der Waals surface area contributed by atoms with Crippen LogP contribution in [0.3, 0.4) is 0 Å². The van der Waals surface area contributed by atoms with E-state index in [9.17, 15) is 4.39 Å². The maximum atomic E-state index is 12.9. The first-order chi connectivity index (χ1) is 8.84. The number of nitrogens with zero attached hydrogens (tertiary/aromatic N) is 3. The normalized spacial score (nSPS) is 15.1. The van der Waals surface area contributed by atoms with Crippen molar-refractivity contribution >= 4 is 11.6 Å². The minimum atomic E-state index is -0.417. The van der Waals surface area contributed by atoms with Gasteiger partial charge in [0.05, 0.1) is 12.4 Å². The fourth-order valence-corrected chi connectivity index (χ4v) is 2.11. The van der Waals surface area contributed by atoms with Gasteiger partial charge in [0.25, 0.3) is 0 Å². The zero-order chi connectivity index (χ0) is 12.4. The summed E-state index contributed by atoms with van der Waals surface area (Å²) in [5, 5.41) is 3.34. The highest BCUT2D eigenvalue weighted by atomic mass is 19.1. The number of anilines is 2. The molecule has 1 aliphatic heterocycles. The molecule has 0 saturated heterocycles. The first-order valence-electron chi connectivity index (χ1n) is 5.88. The largest absolute Gasteiger partial charge is 0.311 e. The second kappa shape index (κ2) is 4.70. The van der Waals surface area contributed by atoms with Gasteiger partial charge in [-0.05, 0) is 11.6 Å². The Hall–Kier alpha value is -2.01. The zero-order valence-electron chi connectivity index (χ0n) is 9.81. The summed E-state index contributed by atoms with van der Waals surface area (Å²) in [6, 6.07) is 8.11. The lowest BCUT2D eigenvalue weighted by atomic mass is 10.1. The zero-order valence-corrected chi connectivity index (χ0v) is 9.81. The van der Waals surface area contributed by atoms with E-state index in [1.165, 1.54) is 18.0 Å². The average Bonchev–Trinajstić information content (AvgIpc) is 2.62. The van der Waals surface area contributed by atoms with Crippen molar-refractivity contribution in [3.8, 4) is 0 Å². The number of hydrogen-bond acceptors (Lipinski definition) is 4. The predicted molar refractivity (Wildman–Crippen MR) is 67.1 cm³/mol. The molecule has 5 heteroatoms. The first kappa shape index (κ1) is 11.1. The molecule has 3 rings (SSSR count). The molecular weight excluding hydrogens is 231 g/mol. The van der Waals surface area contributed by atoms with Crippen molar-refractivity contribution in [2.24, 2.45) is 0 Å². The molecular formula is C13H13FN4. The summed E-state index contributed by atoms with van der Waals surface area (Å²) in [6.07, 6.45) is 2.40. The van der Waals surface area contributed by atoms with E-state index in [4.69, 9.17) is 0 Å². The molecule has 0 atom stereocenters. The van der Waals surface area contributed by atoms with Gasteiger partial charge in [0.1, 0.15) is 0 Å². The van der Waals surface area contributed by atoms with E-state index < -0.39 is 5.82 Å². The van der Waals surface area contributed by atoms with Gasteiger partial charge >= 0.3 is 0 Å². The molecule has 0 fully saturated rings. The number of hydrogen-bond donors (Lipinski definition) is 1. The van der Waals surface area contributed by atoms with E-state index in [1.54, 1.807) is 0 Å². The summed E-state index contributed by atoms with van der Waals surface area (Å²) < 4.78 is 12.9. The van der Waals surface area contributed by atoms with Gasteiger partial charge in [-0.1, -0.05) is 18.2 Å². The lowest BCUT2D eigenvalue weighted by Crippen LogP contribution is -2.25. The van der Waals surface area contributed by atoms with Crippen molar-refractivity contribution in [3.05, 3.63) is 48.0 Å². The monoisotopic (exact) mass is 244 g/mol. The lowest BCUT2D eigenvalue weighted by Gasteiger charge is -2.21. The van der Waals surface area contributed by atoms with Crippen LogP contribution in [-0.4, -0.2) is 23.1 Å². The van der Waals surface area contributed by atoms with Crippen molar-refractivity contribution in [3.63, 3.8) is 0 Å². The van der Waals surface area contributed by atoms with Crippen LogP contribution in [0.4, 0.5) is 16.0 Å². The molecule has 0 aliphatic carbocycles. The highest BCUT2D eigenvalue weighted by Crippen LogP contribution is 2.26. The number of nitrogens with one attached hydrogen (secondary N) is 1. The molecule has 92 valence electrons. The third-order valence-electron chi connectivity index (χ3n) is 2.96. The molecule has 1 aromatic carbocycles. The van der Waals surface area contributed by atoms with E-state index >= 15 is 0 Å². The molecule has 2 aromatic rings. The number of benzene rings is 1. The Balaban J connectivity index is 2.03. The third-order valence-corrected chi connectivity index (χ3v) is 2.96. The molecule has 1 aromatic heterocycles. The van der Waals surface area contributed by atoms with Gasteiger partial charge in [-0.15, -0.1) is 0 Å². The summed E-state index contributed by atoms with van der Waals surface area (Å²) in [6.45, 7) is 2.44. The van der Waals surface area contributed by atoms with Gasteiger partial charge in [-0.3, -0.25) is 0 Å². The van der Waals surface area contributed by atoms with E-state index in [2.05, 4.69) is 21.4 Å². The third kappa shape index (κ3) is 2.04. The minimum absolute atomic E-state index is 0.417. The van der Waals surface area contributed by atoms with Crippen LogP contribution in [-0.2, 0) is 6.54 Å². The summed E-state index contributed by atoms with van der Waals surface area (Å²) in [5.41, 5.74) is 2.28. The molecule has 0 spiro atoms. The van der Waals surface area contributed by atoms with Gasteiger partial charge in [0.15, 0.2) is 5.82 Å². The fraction of sp³-hybridized carbons (Fsp3) is 0.231. The molecule has 0 saturated carbocycles. The molecule has 18 heavy (non-hydrogen) atoms. The second-order valence-electron chi connectivity index (χ2n) is 4.16. The second-order valence-corrected chi connectivity index (χ2v) is 4.16. The minimum Gasteiger partial charge on any atom is -0.311 e. The van der Waals surface area contributed by atoms with Crippen molar-refractivity contribution in [2.45, 2.75) is 6.54 Å². The molecule has 1 N–H and O–H groups in total. The molecule has 0 unspecified atom stereocenters. The fourth-order valence-electron chi connectivity index (χ4n) is 2.11. The van der Waals surface area contributed by atoms with Crippen molar-refractivity contribution in [1.82, 2.24) is 15.3 Å². The lowest BCUT2D eigenvalue weighted by molar-refractivity contribution is 0.612. The van der Waals surface area contributed by atoms with E-state index in [0.717, 1.165) is 25.3 Å². The highest BCUT2D eigenvalue weighted by molar-refractivity contribution is 5.62. The van der Waals surface area contributed by atoms with Gasteiger partial charge in [0, 0.05) is 25.3 Å². The van der Waals surface area contributed by atoms with Crippen LogP contribution in [0, 0.1) is 5.82 Å². The predicted octanol–water partition coefficient (Wildman–Crippen LogP) is 1.86. The van der Waals surface area contributed by atoms with Crippen LogP contribution in [0.1, 0.15) is 5.56 Å². The van der Waals surface area contributed by atoms with Crippen LogP contribution in [0.25, 0.3) is 0 Å². The summed E-state index contributed by atoms with van der Waals surface area (Å²) >= 11 is 0. The summed E-state index contributed by atoms with van der Waals surface area (Å²) in [5.74, 6) is 0.118. The number of para-hydroxylation sites is 1. The summed E-state index contributed by atoms with van der Waals surface area (Å²) in [7, 11) is 0. The molecule has 0 amide bonds. The van der Waals surface area contributed by atoms with E-state index in [0.29, 0.717) is 5.95 Å². The highest BCUT2D eigenvalue weighted by Gasteiger charge is 2.17. The summed E-state index contributed by atoms with van der Waals surface area (Å²) in [4.78, 5) is 10.1. The van der Waals surface area contributed by atoms with E-state index in [-0.39, 0.29) is 0 Å². The maximum absolute atomic E-state index is 12.9.